The summed E-state index contributed by atoms with van der Waals surface area (Å²) in [5.41, 5.74) is 0.991. The van der Waals surface area contributed by atoms with E-state index in [0.717, 1.165) is 11.3 Å². The second kappa shape index (κ2) is 6.65. The van der Waals surface area contributed by atoms with Crippen molar-refractivity contribution in [1.82, 2.24) is 0 Å². The molecule has 1 N–H and O–H groups in total. The second-order valence-corrected chi connectivity index (χ2v) is 4.30. The smallest absolute Gasteiger partial charge is 0.339 e. The minimum absolute atomic E-state index is 0.0721. The van der Waals surface area contributed by atoms with Gasteiger partial charge in [-0.1, -0.05) is 12.1 Å². The van der Waals surface area contributed by atoms with Gasteiger partial charge in [-0.25, -0.2) is 4.79 Å². The monoisotopic (exact) mass is 288 g/mol. The molecule has 0 saturated carbocycles. The maximum absolute atomic E-state index is 11.2. The van der Waals surface area contributed by atoms with Crippen molar-refractivity contribution in [2.75, 3.05) is 14.2 Å². The molecule has 0 aliphatic heterocycles. The molecule has 5 heteroatoms. The second-order valence-electron chi connectivity index (χ2n) is 4.30. The molecule has 0 radical (unpaired) electrons. The number of hydrogen-bond donors (Lipinski definition) is 1. The number of hydrogen-bond acceptors (Lipinski definition) is 4. The number of ether oxygens (including phenoxy) is 3. The Hall–Kier alpha value is -2.69. The van der Waals surface area contributed by atoms with Crippen LogP contribution in [0.2, 0.25) is 0 Å². The summed E-state index contributed by atoms with van der Waals surface area (Å²) in [7, 11) is 3.08. The Morgan fingerprint density at radius 3 is 2.19 bits per heavy atom. The van der Waals surface area contributed by atoms with Crippen molar-refractivity contribution in [1.29, 1.82) is 0 Å². The fourth-order valence-corrected chi connectivity index (χ4v) is 1.81. The van der Waals surface area contributed by atoms with E-state index in [2.05, 4.69) is 0 Å². The van der Waals surface area contributed by atoms with Crippen molar-refractivity contribution in [3.8, 4) is 17.2 Å². The summed E-state index contributed by atoms with van der Waals surface area (Å²) in [6.45, 7) is 0.274. The van der Waals surface area contributed by atoms with Crippen LogP contribution in [0.3, 0.4) is 0 Å². The zero-order valence-electron chi connectivity index (χ0n) is 11.8. The molecule has 0 aliphatic carbocycles. The highest BCUT2D eigenvalue weighted by Gasteiger charge is 2.13. The van der Waals surface area contributed by atoms with Gasteiger partial charge in [-0.3, -0.25) is 0 Å². The molecule has 0 aromatic heterocycles. The maximum Gasteiger partial charge on any atom is 0.339 e. The molecule has 0 heterocycles. The molecule has 0 saturated heterocycles. The molecule has 21 heavy (non-hydrogen) atoms. The highest BCUT2D eigenvalue weighted by molar-refractivity contribution is 5.91. The Morgan fingerprint density at radius 1 is 1.00 bits per heavy atom. The first-order chi connectivity index (χ1) is 10.1. The lowest BCUT2D eigenvalue weighted by Crippen LogP contribution is -2.04. The molecule has 0 bridgehead atoms. The quantitative estimate of drug-likeness (QED) is 0.885. The van der Waals surface area contributed by atoms with Crippen LogP contribution in [0.4, 0.5) is 0 Å². The minimum atomic E-state index is -1.06. The Kier molecular flexibility index (Phi) is 4.66. The Labute approximate surface area is 122 Å². The van der Waals surface area contributed by atoms with Crippen LogP contribution in [-0.4, -0.2) is 25.3 Å². The van der Waals surface area contributed by atoms with Gasteiger partial charge in [0.25, 0.3) is 0 Å². The number of aromatic carboxylic acids is 1. The first kappa shape index (κ1) is 14.7. The van der Waals surface area contributed by atoms with E-state index in [-0.39, 0.29) is 12.2 Å². The van der Waals surface area contributed by atoms with Gasteiger partial charge in [0.1, 0.15) is 29.4 Å². The molecule has 0 aliphatic rings. The minimum Gasteiger partial charge on any atom is -0.497 e. The number of carboxylic acids is 1. The molecule has 5 nitrogen and oxygen atoms in total. The zero-order valence-corrected chi connectivity index (χ0v) is 11.8. The highest BCUT2D eigenvalue weighted by Crippen LogP contribution is 2.25. The molecule has 2 aromatic carbocycles. The van der Waals surface area contributed by atoms with Crippen molar-refractivity contribution >= 4 is 5.97 Å². The standard InChI is InChI=1S/C16H16O5/c1-19-12-5-3-11(4-6-12)10-21-15-8-7-13(20-2)9-14(15)16(17)18/h3-9H,10H2,1-2H3,(H,17,18). The Balaban J connectivity index is 2.13. The summed E-state index contributed by atoms with van der Waals surface area (Å²) in [6.07, 6.45) is 0. The summed E-state index contributed by atoms with van der Waals surface area (Å²) in [4.78, 5) is 11.2. The van der Waals surface area contributed by atoms with Gasteiger partial charge in [0, 0.05) is 0 Å². The van der Waals surface area contributed by atoms with E-state index in [9.17, 15) is 9.90 Å². The number of carbonyl (C=O) groups is 1. The van der Waals surface area contributed by atoms with E-state index >= 15 is 0 Å². The molecular weight excluding hydrogens is 272 g/mol. The predicted octanol–water partition coefficient (Wildman–Crippen LogP) is 2.98. The lowest BCUT2D eigenvalue weighted by atomic mass is 10.2. The Morgan fingerprint density at radius 2 is 1.62 bits per heavy atom. The van der Waals surface area contributed by atoms with E-state index in [4.69, 9.17) is 14.2 Å². The van der Waals surface area contributed by atoms with Crippen LogP contribution in [0, 0.1) is 0 Å². The third-order valence-electron chi connectivity index (χ3n) is 2.97. The number of methoxy groups -OCH3 is 2. The molecule has 0 amide bonds. The molecular formula is C16H16O5. The first-order valence-electron chi connectivity index (χ1n) is 6.31. The van der Waals surface area contributed by atoms with Crippen molar-refractivity contribution in [2.24, 2.45) is 0 Å². The van der Waals surface area contributed by atoms with Crippen LogP contribution in [0.25, 0.3) is 0 Å². The van der Waals surface area contributed by atoms with Crippen LogP contribution < -0.4 is 14.2 Å². The topological polar surface area (TPSA) is 65.0 Å². The fourth-order valence-electron chi connectivity index (χ4n) is 1.81. The molecule has 0 atom stereocenters. The molecule has 0 spiro atoms. The van der Waals surface area contributed by atoms with Gasteiger partial charge in [-0.15, -0.1) is 0 Å². The summed E-state index contributed by atoms with van der Waals surface area (Å²) in [6, 6.07) is 12.1. The average molecular weight is 288 g/mol. The molecule has 2 rings (SSSR count). The van der Waals surface area contributed by atoms with Gasteiger partial charge in [0.15, 0.2) is 0 Å². The SMILES string of the molecule is COc1ccc(COc2ccc(OC)cc2C(=O)O)cc1. The average Bonchev–Trinajstić information content (AvgIpc) is 2.53. The summed E-state index contributed by atoms with van der Waals surface area (Å²) >= 11 is 0. The first-order valence-corrected chi connectivity index (χ1v) is 6.31. The molecule has 0 fully saturated rings. The van der Waals surface area contributed by atoms with Crippen LogP contribution in [-0.2, 0) is 6.61 Å². The van der Waals surface area contributed by atoms with E-state index < -0.39 is 5.97 Å². The largest absolute Gasteiger partial charge is 0.497 e. The molecule has 110 valence electrons. The third-order valence-corrected chi connectivity index (χ3v) is 2.97. The van der Waals surface area contributed by atoms with Gasteiger partial charge in [0.2, 0.25) is 0 Å². The maximum atomic E-state index is 11.2. The van der Waals surface area contributed by atoms with Gasteiger partial charge in [-0.05, 0) is 35.9 Å². The van der Waals surface area contributed by atoms with Crippen molar-refractivity contribution in [3.63, 3.8) is 0 Å². The predicted molar refractivity (Wildman–Crippen MR) is 77.3 cm³/mol. The van der Waals surface area contributed by atoms with Crippen molar-refractivity contribution in [2.45, 2.75) is 6.61 Å². The number of benzene rings is 2. The normalized spacial score (nSPS) is 10.0. The number of rotatable bonds is 6. The summed E-state index contributed by atoms with van der Waals surface area (Å²) in [5, 5.41) is 9.20. The molecule has 2 aromatic rings. The fraction of sp³-hybridized carbons (Fsp3) is 0.188. The zero-order chi connectivity index (χ0) is 15.2. The van der Waals surface area contributed by atoms with Crippen LogP contribution in [0.15, 0.2) is 42.5 Å². The van der Waals surface area contributed by atoms with E-state index in [0.29, 0.717) is 11.5 Å². The van der Waals surface area contributed by atoms with Crippen molar-refractivity contribution < 1.29 is 24.1 Å². The van der Waals surface area contributed by atoms with E-state index in [1.54, 1.807) is 19.2 Å². The van der Waals surface area contributed by atoms with Crippen molar-refractivity contribution in [3.05, 3.63) is 53.6 Å². The highest BCUT2D eigenvalue weighted by atomic mass is 16.5. The summed E-state index contributed by atoms with van der Waals surface area (Å²) in [5.74, 6) is 0.483. The third kappa shape index (κ3) is 3.66. The van der Waals surface area contributed by atoms with Gasteiger partial charge in [-0.2, -0.15) is 0 Å². The van der Waals surface area contributed by atoms with Crippen LogP contribution in [0.5, 0.6) is 17.2 Å². The lowest BCUT2D eigenvalue weighted by Gasteiger charge is -2.11. The van der Waals surface area contributed by atoms with Gasteiger partial charge < -0.3 is 19.3 Å². The summed E-state index contributed by atoms with van der Waals surface area (Å²) < 4.78 is 15.7. The van der Waals surface area contributed by atoms with E-state index in [1.807, 2.05) is 24.3 Å². The van der Waals surface area contributed by atoms with E-state index in [1.165, 1.54) is 13.2 Å². The van der Waals surface area contributed by atoms with Crippen LogP contribution >= 0.6 is 0 Å². The lowest BCUT2D eigenvalue weighted by molar-refractivity contribution is 0.0691. The molecule has 0 unspecified atom stereocenters. The Bertz CT molecular complexity index is 619. The van der Waals surface area contributed by atoms with Crippen LogP contribution in [0.1, 0.15) is 15.9 Å². The number of carboxylic acid groups (broad SMARTS) is 1. The van der Waals surface area contributed by atoms with Gasteiger partial charge in [0.05, 0.1) is 14.2 Å². The van der Waals surface area contributed by atoms with Gasteiger partial charge >= 0.3 is 5.97 Å².